The van der Waals surface area contributed by atoms with E-state index in [-0.39, 0.29) is 35.6 Å². The number of rotatable bonds is 10. The van der Waals surface area contributed by atoms with Gasteiger partial charge in [-0.15, -0.1) is 0 Å². The van der Waals surface area contributed by atoms with Crippen LogP contribution in [0.3, 0.4) is 0 Å². The van der Waals surface area contributed by atoms with Gasteiger partial charge in [-0.05, 0) is 55.5 Å². The largest absolute Gasteiger partial charge is 0.478 e. The molecular weight excluding hydrogens is 688 g/mol. The number of nitrogens with one attached hydrogen (secondary N) is 4. The van der Waals surface area contributed by atoms with Gasteiger partial charge in [0.05, 0.1) is 34.5 Å². The smallest absolute Gasteiger partial charge is 0.293 e. The molecule has 0 bridgehead atoms. The standard InChI is InChI=1S/C36H39ClN10O5/c1-38-30(49)19-52-28-15-21-14-22(9-11-26(21)45(2)35(28)51)41-33-25(37)17-40-36(43-33)39-16-20-6-5-13-47(18-20)27-8-4-7-23-31(44-46(3)32(23)27)24-10-12-29(48)42-34(24)50/h4,7-9,11,14-15,17,20,24H,5-6,10,12-13,16,18-19H2,1-3H3,(H,38,49)(H,42,48,50)(H2,39,40,41,43). The Balaban J connectivity index is 1.04. The van der Waals surface area contributed by atoms with Crippen LogP contribution in [0.2, 0.25) is 5.02 Å². The monoisotopic (exact) mass is 726 g/mol. The summed E-state index contributed by atoms with van der Waals surface area (Å²) in [7, 11) is 5.05. The molecule has 5 aromatic rings. The molecule has 0 aliphatic carbocycles. The number of pyridine rings is 1. The Labute approximate surface area is 303 Å². The van der Waals surface area contributed by atoms with E-state index in [9.17, 15) is 19.2 Å². The van der Waals surface area contributed by atoms with Crippen LogP contribution >= 0.6 is 11.6 Å². The molecule has 16 heteroatoms. The van der Waals surface area contributed by atoms with Crippen molar-refractivity contribution in [1.82, 2.24) is 34.9 Å². The van der Waals surface area contributed by atoms with Crippen LogP contribution in [0.4, 0.5) is 23.1 Å². The van der Waals surface area contributed by atoms with E-state index in [1.165, 1.54) is 11.6 Å². The molecule has 2 aromatic carbocycles. The zero-order valence-electron chi connectivity index (χ0n) is 29.0. The lowest BCUT2D eigenvalue weighted by Crippen LogP contribution is -2.39. The topological polar surface area (TPSA) is 177 Å². The molecule has 2 aliphatic rings. The summed E-state index contributed by atoms with van der Waals surface area (Å²) < 4.78 is 8.81. The molecule has 2 fully saturated rings. The van der Waals surface area contributed by atoms with E-state index in [4.69, 9.17) is 21.4 Å². The van der Waals surface area contributed by atoms with Crippen molar-refractivity contribution in [3.05, 3.63) is 69.7 Å². The van der Waals surface area contributed by atoms with Gasteiger partial charge in [0.1, 0.15) is 5.02 Å². The van der Waals surface area contributed by atoms with Gasteiger partial charge < -0.3 is 30.2 Å². The van der Waals surface area contributed by atoms with E-state index >= 15 is 0 Å². The van der Waals surface area contributed by atoms with E-state index in [1.807, 2.05) is 42.1 Å². The summed E-state index contributed by atoms with van der Waals surface area (Å²) in [5.74, 6) is -0.122. The number of nitrogens with zero attached hydrogens (tertiary/aromatic N) is 6. The van der Waals surface area contributed by atoms with Crippen LogP contribution in [0.25, 0.3) is 21.8 Å². The van der Waals surface area contributed by atoms with E-state index < -0.39 is 5.92 Å². The van der Waals surface area contributed by atoms with E-state index in [2.05, 4.69) is 42.2 Å². The van der Waals surface area contributed by atoms with Crippen LogP contribution in [-0.4, -0.2) is 75.3 Å². The van der Waals surface area contributed by atoms with Crippen molar-refractivity contribution in [3.63, 3.8) is 0 Å². The predicted octanol–water partition coefficient (Wildman–Crippen LogP) is 3.59. The van der Waals surface area contributed by atoms with Crippen LogP contribution in [-0.2, 0) is 28.5 Å². The number of carbonyl (C=O) groups is 3. The van der Waals surface area contributed by atoms with Gasteiger partial charge in [0.2, 0.25) is 17.8 Å². The van der Waals surface area contributed by atoms with Crippen molar-refractivity contribution in [3.8, 4) is 5.75 Å². The third-order valence-corrected chi connectivity index (χ3v) is 9.96. The summed E-state index contributed by atoms with van der Waals surface area (Å²) in [5, 5.41) is 18.3. The third kappa shape index (κ3) is 6.95. The van der Waals surface area contributed by atoms with Crippen molar-refractivity contribution in [2.24, 2.45) is 20.0 Å². The molecule has 0 radical (unpaired) electrons. The maximum absolute atomic E-state index is 12.8. The second-order valence-electron chi connectivity index (χ2n) is 13.1. The lowest BCUT2D eigenvalue weighted by atomic mass is 9.92. The molecule has 52 heavy (non-hydrogen) atoms. The van der Waals surface area contributed by atoms with Gasteiger partial charge >= 0.3 is 0 Å². The van der Waals surface area contributed by atoms with Gasteiger partial charge in [-0.3, -0.25) is 29.2 Å². The first-order valence-corrected chi connectivity index (χ1v) is 17.5. The highest BCUT2D eigenvalue weighted by Crippen LogP contribution is 2.36. The zero-order valence-corrected chi connectivity index (χ0v) is 29.8. The van der Waals surface area contributed by atoms with Crippen molar-refractivity contribution in [2.45, 2.75) is 31.6 Å². The fraction of sp³-hybridized carbons (Fsp3) is 0.361. The summed E-state index contributed by atoms with van der Waals surface area (Å²) in [6.45, 7) is 2.07. The minimum atomic E-state index is -0.459. The number of hydrogen-bond acceptors (Lipinski definition) is 11. The number of halogens is 1. The molecule has 4 N–H and O–H groups in total. The number of benzene rings is 2. The average Bonchev–Trinajstić information content (AvgIpc) is 3.48. The van der Waals surface area contributed by atoms with Gasteiger partial charge in [0.15, 0.2) is 18.2 Å². The molecule has 2 unspecified atom stereocenters. The normalized spacial score (nSPS) is 17.7. The van der Waals surface area contributed by atoms with E-state index in [0.717, 1.165) is 47.9 Å². The molecule has 2 saturated heterocycles. The molecule has 2 atom stereocenters. The van der Waals surface area contributed by atoms with Crippen LogP contribution in [0.15, 0.2) is 53.5 Å². The number of amides is 3. The number of hydrogen-bond donors (Lipinski definition) is 4. The molecule has 270 valence electrons. The molecule has 5 heterocycles. The number of carbonyl (C=O) groups excluding carboxylic acids is 3. The minimum Gasteiger partial charge on any atom is -0.478 e. The summed E-state index contributed by atoms with van der Waals surface area (Å²) >= 11 is 6.51. The fourth-order valence-corrected chi connectivity index (χ4v) is 7.16. The first kappa shape index (κ1) is 34.7. The van der Waals surface area contributed by atoms with E-state index in [1.54, 1.807) is 19.3 Å². The maximum Gasteiger partial charge on any atom is 0.293 e. The molecule has 2 aliphatic heterocycles. The van der Waals surface area contributed by atoms with Crippen LogP contribution in [0, 0.1) is 5.92 Å². The first-order valence-electron chi connectivity index (χ1n) is 17.1. The molecule has 0 spiro atoms. The van der Waals surface area contributed by atoms with Gasteiger partial charge in [-0.25, -0.2) is 4.98 Å². The quantitative estimate of drug-likeness (QED) is 0.155. The Morgan fingerprint density at radius 2 is 1.96 bits per heavy atom. The van der Waals surface area contributed by atoms with Gasteiger partial charge in [-0.2, -0.15) is 10.1 Å². The lowest BCUT2D eigenvalue weighted by molar-refractivity contribution is -0.134. The first-order chi connectivity index (χ1) is 25.1. The molecule has 3 aromatic heterocycles. The zero-order chi connectivity index (χ0) is 36.5. The summed E-state index contributed by atoms with van der Waals surface area (Å²) in [6, 6.07) is 13.2. The van der Waals surface area contributed by atoms with Gasteiger partial charge in [0.25, 0.3) is 11.5 Å². The lowest BCUT2D eigenvalue weighted by Gasteiger charge is -2.35. The Bertz CT molecular complexity index is 2270. The Morgan fingerprint density at radius 3 is 2.77 bits per heavy atom. The molecule has 3 amide bonds. The average molecular weight is 727 g/mol. The van der Waals surface area contributed by atoms with Crippen molar-refractivity contribution in [2.75, 3.05) is 48.8 Å². The second-order valence-corrected chi connectivity index (χ2v) is 13.6. The van der Waals surface area contributed by atoms with Crippen LogP contribution < -0.4 is 36.5 Å². The van der Waals surface area contributed by atoms with Crippen molar-refractivity contribution < 1.29 is 19.1 Å². The molecule has 15 nitrogen and oxygen atoms in total. The summed E-state index contributed by atoms with van der Waals surface area (Å²) in [6.07, 6.45) is 4.33. The number of piperidine rings is 2. The van der Waals surface area contributed by atoms with Gasteiger partial charge in [0, 0.05) is 63.7 Å². The number of likely N-dealkylation sites (N-methyl/N-ethyl adjacent to an activating group) is 1. The van der Waals surface area contributed by atoms with Crippen LogP contribution in [0.5, 0.6) is 5.75 Å². The number of aromatic nitrogens is 5. The summed E-state index contributed by atoms with van der Waals surface area (Å²) in [5.41, 5.74) is 3.76. The van der Waals surface area contributed by atoms with Crippen molar-refractivity contribution in [1.29, 1.82) is 0 Å². The Kier molecular flexibility index (Phi) is 9.69. The van der Waals surface area contributed by atoms with E-state index in [0.29, 0.717) is 59.0 Å². The SMILES string of the molecule is CNC(=O)COc1cc2cc(Nc3nc(NCC4CCCN(c5cccc6c(C7CCC(=O)NC7=O)nn(C)c56)C4)ncc3Cl)ccc2n(C)c1=O. The Hall–Kier alpha value is -5.70. The molecular formula is C36H39ClN10O5. The highest BCUT2D eigenvalue weighted by atomic mass is 35.5. The Morgan fingerprint density at radius 1 is 1.12 bits per heavy atom. The second kappa shape index (κ2) is 14.5. The predicted molar refractivity (Wildman–Crippen MR) is 198 cm³/mol. The number of fused-ring (bicyclic) bond motifs is 2. The highest BCUT2D eigenvalue weighted by Gasteiger charge is 2.33. The number of aryl methyl sites for hydroxylation is 2. The van der Waals surface area contributed by atoms with Crippen molar-refractivity contribution >= 4 is 74.3 Å². The highest BCUT2D eigenvalue weighted by molar-refractivity contribution is 6.33. The van der Waals surface area contributed by atoms with Crippen LogP contribution in [0.1, 0.15) is 37.3 Å². The van der Waals surface area contributed by atoms with Gasteiger partial charge in [-0.1, -0.05) is 23.7 Å². The maximum atomic E-state index is 12.8. The minimum absolute atomic E-state index is 0.0672. The third-order valence-electron chi connectivity index (χ3n) is 9.69. The number of anilines is 4. The molecule has 0 saturated carbocycles. The number of imide groups is 1. The fourth-order valence-electron chi connectivity index (χ4n) is 7.02. The number of para-hydroxylation sites is 1. The number of ether oxygens (including phenoxy) is 1. The molecule has 7 rings (SSSR count). The summed E-state index contributed by atoms with van der Waals surface area (Å²) in [4.78, 5) is 60.3.